The van der Waals surface area contributed by atoms with E-state index in [0.29, 0.717) is 0 Å². The van der Waals surface area contributed by atoms with E-state index >= 15 is 0 Å². The van der Waals surface area contributed by atoms with E-state index < -0.39 is 5.38 Å². The number of benzene rings is 1. The van der Waals surface area contributed by atoms with Crippen LogP contribution in [0.5, 0.6) is 0 Å². The summed E-state index contributed by atoms with van der Waals surface area (Å²) in [5.41, 5.74) is 0.540. The molecule has 0 aromatic heterocycles. The summed E-state index contributed by atoms with van der Waals surface area (Å²) in [4.78, 5) is 11.7. The van der Waals surface area contributed by atoms with Crippen molar-refractivity contribution in [2.45, 2.75) is 26.1 Å². The van der Waals surface area contributed by atoms with Crippen molar-refractivity contribution in [1.29, 1.82) is 0 Å². The Hall–Kier alpha value is -1.02. The fraction of sp³-hybridized carbons (Fsp3) is 0.417. The van der Waals surface area contributed by atoms with E-state index in [0.717, 1.165) is 5.69 Å². The first-order valence-corrected chi connectivity index (χ1v) is 5.35. The normalized spacial score (nSPS) is 13.3. The molecular formula is C12H16ClNO. The van der Waals surface area contributed by atoms with Crippen LogP contribution in [-0.4, -0.2) is 11.3 Å². The number of amides is 1. The van der Waals surface area contributed by atoms with Crippen LogP contribution >= 0.6 is 11.6 Å². The van der Waals surface area contributed by atoms with Gasteiger partial charge in [0.2, 0.25) is 5.91 Å². The summed E-state index contributed by atoms with van der Waals surface area (Å²) in [6.07, 6.45) is 0. The van der Waals surface area contributed by atoms with Crippen molar-refractivity contribution in [1.82, 2.24) is 0 Å². The van der Waals surface area contributed by atoms with Gasteiger partial charge >= 0.3 is 0 Å². The molecule has 0 saturated carbocycles. The molecule has 0 spiro atoms. The number of alkyl halides is 1. The van der Waals surface area contributed by atoms with E-state index in [2.05, 4.69) is 5.32 Å². The zero-order valence-corrected chi connectivity index (χ0v) is 10.0. The number of carbonyl (C=O) groups excluding carboxylic acids is 1. The van der Waals surface area contributed by atoms with E-state index in [4.69, 9.17) is 11.6 Å². The maximum Gasteiger partial charge on any atom is 0.242 e. The summed E-state index contributed by atoms with van der Waals surface area (Å²) in [5, 5.41) is 2.25. The fourth-order valence-corrected chi connectivity index (χ4v) is 1.17. The van der Waals surface area contributed by atoms with Gasteiger partial charge in [0.1, 0.15) is 5.38 Å². The molecule has 82 valence electrons. The van der Waals surface area contributed by atoms with E-state index in [-0.39, 0.29) is 11.3 Å². The SMILES string of the molecule is CC(C)(C)C(Cl)C(=O)Nc1ccccc1. The van der Waals surface area contributed by atoms with Gasteiger partial charge in [-0.25, -0.2) is 0 Å². The third-order valence-corrected chi connectivity index (χ3v) is 2.88. The molecule has 1 amide bonds. The van der Waals surface area contributed by atoms with Crippen LogP contribution in [0.15, 0.2) is 30.3 Å². The summed E-state index contributed by atoms with van der Waals surface area (Å²) < 4.78 is 0. The number of hydrogen-bond donors (Lipinski definition) is 1. The lowest BCUT2D eigenvalue weighted by Gasteiger charge is -2.23. The zero-order valence-electron chi connectivity index (χ0n) is 9.25. The van der Waals surface area contributed by atoms with Gasteiger partial charge in [0.05, 0.1) is 0 Å². The van der Waals surface area contributed by atoms with Crippen molar-refractivity contribution in [2.75, 3.05) is 5.32 Å². The van der Waals surface area contributed by atoms with Crippen molar-refractivity contribution < 1.29 is 4.79 Å². The maximum atomic E-state index is 11.7. The lowest BCUT2D eigenvalue weighted by Crippen LogP contribution is -2.34. The lowest BCUT2D eigenvalue weighted by molar-refractivity contribution is -0.117. The maximum absolute atomic E-state index is 11.7. The van der Waals surface area contributed by atoms with Crippen LogP contribution in [-0.2, 0) is 4.79 Å². The Morgan fingerprint density at radius 1 is 1.27 bits per heavy atom. The van der Waals surface area contributed by atoms with Gasteiger partial charge in [0.15, 0.2) is 0 Å². The van der Waals surface area contributed by atoms with Crippen LogP contribution in [0.4, 0.5) is 5.69 Å². The van der Waals surface area contributed by atoms with Crippen molar-refractivity contribution >= 4 is 23.2 Å². The molecule has 1 aromatic rings. The second-order valence-corrected chi connectivity index (χ2v) is 5.02. The quantitative estimate of drug-likeness (QED) is 0.769. The molecule has 0 aliphatic carbocycles. The van der Waals surface area contributed by atoms with Crippen LogP contribution in [0.1, 0.15) is 20.8 Å². The third kappa shape index (κ3) is 3.56. The number of para-hydroxylation sites is 1. The van der Waals surface area contributed by atoms with E-state index in [1.807, 2.05) is 51.1 Å². The average Bonchev–Trinajstić information content (AvgIpc) is 2.16. The number of anilines is 1. The summed E-state index contributed by atoms with van der Waals surface area (Å²) in [6, 6.07) is 9.32. The van der Waals surface area contributed by atoms with Crippen LogP contribution in [0.3, 0.4) is 0 Å². The average molecular weight is 226 g/mol. The van der Waals surface area contributed by atoms with Crippen LogP contribution in [0, 0.1) is 5.41 Å². The molecule has 3 heteroatoms. The lowest BCUT2D eigenvalue weighted by atomic mass is 9.91. The monoisotopic (exact) mass is 225 g/mol. The van der Waals surface area contributed by atoms with Gasteiger partial charge in [-0.1, -0.05) is 39.0 Å². The first-order chi connectivity index (χ1) is 6.91. The molecule has 1 unspecified atom stereocenters. The van der Waals surface area contributed by atoms with Gasteiger partial charge in [-0.05, 0) is 17.5 Å². The Morgan fingerprint density at radius 2 is 1.80 bits per heavy atom. The molecule has 2 nitrogen and oxygen atoms in total. The van der Waals surface area contributed by atoms with Gasteiger partial charge in [-0.3, -0.25) is 4.79 Å². The van der Waals surface area contributed by atoms with Crippen molar-refractivity contribution in [3.05, 3.63) is 30.3 Å². The predicted molar refractivity (Wildman–Crippen MR) is 64.2 cm³/mol. The third-order valence-electron chi connectivity index (χ3n) is 2.03. The molecule has 0 aliphatic heterocycles. The first kappa shape index (κ1) is 12.1. The molecular weight excluding hydrogens is 210 g/mol. The molecule has 0 heterocycles. The summed E-state index contributed by atoms with van der Waals surface area (Å²) in [6.45, 7) is 5.82. The molecule has 0 saturated heterocycles. The van der Waals surface area contributed by atoms with Gasteiger partial charge in [-0.2, -0.15) is 0 Å². The van der Waals surface area contributed by atoms with Crippen LogP contribution in [0.25, 0.3) is 0 Å². The van der Waals surface area contributed by atoms with Crippen molar-refractivity contribution in [3.63, 3.8) is 0 Å². The van der Waals surface area contributed by atoms with Gasteiger partial charge in [-0.15, -0.1) is 11.6 Å². The van der Waals surface area contributed by atoms with Gasteiger partial charge in [0.25, 0.3) is 0 Å². The minimum atomic E-state index is -0.530. The molecule has 0 aliphatic rings. The van der Waals surface area contributed by atoms with E-state index in [1.165, 1.54) is 0 Å². The molecule has 15 heavy (non-hydrogen) atoms. The number of carbonyl (C=O) groups is 1. The standard InChI is InChI=1S/C12H16ClNO/c1-12(2,3)10(13)11(15)14-9-7-5-4-6-8-9/h4-8,10H,1-3H3,(H,14,15). The van der Waals surface area contributed by atoms with Gasteiger partial charge < -0.3 is 5.32 Å². The Bertz CT molecular complexity index is 329. The largest absolute Gasteiger partial charge is 0.325 e. The van der Waals surface area contributed by atoms with Gasteiger partial charge in [0, 0.05) is 5.69 Å². The Morgan fingerprint density at radius 3 is 2.27 bits per heavy atom. The zero-order chi connectivity index (χ0) is 11.5. The number of halogens is 1. The Kier molecular flexibility index (Phi) is 3.75. The highest BCUT2D eigenvalue weighted by Crippen LogP contribution is 2.25. The number of rotatable bonds is 2. The Labute approximate surface area is 95.6 Å². The molecule has 1 aromatic carbocycles. The van der Waals surface area contributed by atoms with E-state index in [1.54, 1.807) is 0 Å². The second-order valence-electron chi connectivity index (χ2n) is 4.58. The number of hydrogen-bond acceptors (Lipinski definition) is 1. The van der Waals surface area contributed by atoms with Crippen LogP contribution in [0.2, 0.25) is 0 Å². The molecule has 0 radical (unpaired) electrons. The topological polar surface area (TPSA) is 29.1 Å². The first-order valence-electron chi connectivity index (χ1n) is 4.91. The predicted octanol–water partition coefficient (Wildman–Crippen LogP) is 3.28. The van der Waals surface area contributed by atoms with Crippen molar-refractivity contribution in [2.24, 2.45) is 5.41 Å². The highest BCUT2D eigenvalue weighted by molar-refractivity contribution is 6.33. The number of nitrogens with one attached hydrogen (secondary N) is 1. The highest BCUT2D eigenvalue weighted by Gasteiger charge is 2.28. The molecule has 1 N–H and O–H groups in total. The molecule has 1 atom stereocenters. The Balaban J connectivity index is 2.65. The summed E-state index contributed by atoms with van der Waals surface area (Å²) in [7, 11) is 0. The summed E-state index contributed by atoms with van der Waals surface area (Å²) in [5.74, 6) is -0.157. The summed E-state index contributed by atoms with van der Waals surface area (Å²) >= 11 is 6.05. The molecule has 0 fully saturated rings. The highest BCUT2D eigenvalue weighted by atomic mass is 35.5. The van der Waals surface area contributed by atoms with Crippen molar-refractivity contribution in [3.8, 4) is 0 Å². The van der Waals surface area contributed by atoms with E-state index in [9.17, 15) is 4.79 Å². The van der Waals surface area contributed by atoms with Crippen LogP contribution < -0.4 is 5.32 Å². The smallest absolute Gasteiger partial charge is 0.242 e. The molecule has 1 rings (SSSR count). The minimum Gasteiger partial charge on any atom is -0.325 e. The minimum absolute atomic E-state index is 0.157. The fourth-order valence-electron chi connectivity index (χ4n) is 1.12. The second kappa shape index (κ2) is 4.67. The molecule has 0 bridgehead atoms.